The minimum absolute atomic E-state index is 0.227. The van der Waals surface area contributed by atoms with E-state index in [0.29, 0.717) is 5.56 Å². The molecule has 1 aromatic heterocycles. The summed E-state index contributed by atoms with van der Waals surface area (Å²) in [4.78, 5) is 4.54. The van der Waals surface area contributed by atoms with E-state index in [1.165, 1.54) is 6.07 Å². The van der Waals surface area contributed by atoms with Gasteiger partial charge < -0.3 is 9.88 Å². The Morgan fingerprint density at radius 1 is 1.42 bits per heavy atom. The van der Waals surface area contributed by atoms with Crippen molar-refractivity contribution in [2.75, 3.05) is 13.6 Å². The molecule has 0 amide bonds. The number of likely N-dealkylation sites (N-methyl/N-ethyl adjacent to an activating group) is 1. The second-order valence-corrected chi connectivity index (χ2v) is 5.41. The van der Waals surface area contributed by atoms with Gasteiger partial charge in [-0.05, 0) is 32.2 Å². The van der Waals surface area contributed by atoms with Crippen molar-refractivity contribution >= 4 is 15.9 Å². The number of benzene rings is 1. The van der Waals surface area contributed by atoms with Crippen molar-refractivity contribution in [3.63, 3.8) is 0 Å². The number of hydrogen-bond acceptors (Lipinski definition) is 2. The SMILES string of the molecule is CNCCc1nc(C)c(-c2cc(Br)ccc2F)n1C. The first-order valence-electron chi connectivity index (χ1n) is 6.16. The van der Waals surface area contributed by atoms with Crippen LogP contribution < -0.4 is 5.32 Å². The van der Waals surface area contributed by atoms with Crippen LogP contribution in [0.15, 0.2) is 22.7 Å². The first-order chi connectivity index (χ1) is 9.04. The fourth-order valence-electron chi connectivity index (χ4n) is 2.21. The van der Waals surface area contributed by atoms with Gasteiger partial charge in [0.25, 0.3) is 0 Å². The van der Waals surface area contributed by atoms with Crippen molar-refractivity contribution in [3.05, 3.63) is 40.0 Å². The van der Waals surface area contributed by atoms with Gasteiger partial charge in [0.05, 0.1) is 11.4 Å². The lowest BCUT2D eigenvalue weighted by Crippen LogP contribution is -2.13. The highest BCUT2D eigenvalue weighted by Crippen LogP contribution is 2.29. The van der Waals surface area contributed by atoms with Gasteiger partial charge in [-0.3, -0.25) is 0 Å². The molecule has 2 rings (SSSR count). The molecule has 1 heterocycles. The summed E-state index contributed by atoms with van der Waals surface area (Å²) in [5.41, 5.74) is 2.27. The number of imidazole rings is 1. The molecule has 0 saturated heterocycles. The molecule has 0 spiro atoms. The van der Waals surface area contributed by atoms with Gasteiger partial charge in [-0.2, -0.15) is 0 Å². The Kier molecular flexibility index (Phi) is 4.37. The monoisotopic (exact) mass is 325 g/mol. The third kappa shape index (κ3) is 2.87. The number of halogens is 2. The van der Waals surface area contributed by atoms with Crippen LogP contribution in [-0.4, -0.2) is 23.1 Å². The molecule has 1 N–H and O–H groups in total. The van der Waals surface area contributed by atoms with E-state index in [1.54, 1.807) is 12.1 Å². The van der Waals surface area contributed by atoms with E-state index in [2.05, 4.69) is 26.2 Å². The topological polar surface area (TPSA) is 29.9 Å². The molecule has 102 valence electrons. The summed E-state index contributed by atoms with van der Waals surface area (Å²) in [6, 6.07) is 4.97. The summed E-state index contributed by atoms with van der Waals surface area (Å²) in [6.07, 6.45) is 0.823. The van der Waals surface area contributed by atoms with Crippen LogP contribution in [0.4, 0.5) is 4.39 Å². The zero-order valence-electron chi connectivity index (χ0n) is 11.3. The summed E-state index contributed by atoms with van der Waals surface area (Å²) in [6.45, 7) is 2.77. The van der Waals surface area contributed by atoms with Gasteiger partial charge in [-0.15, -0.1) is 0 Å². The molecular weight excluding hydrogens is 309 g/mol. The standard InChI is InChI=1S/C14H17BrFN3/c1-9-14(11-8-10(15)4-5-12(11)16)19(3)13(18-9)6-7-17-2/h4-5,8,17H,6-7H2,1-3H3. The molecule has 2 aromatic rings. The average molecular weight is 326 g/mol. The second kappa shape index (κ2) is 5.84. The van der Waals surface area contributed by atoms with E-state index in [-0.39, 0.29) is 5.82 Å². The van der Waals surface area contributed by atoms with Crippen molar-refractivity contribution in [1.82, 2.24) is 14.9 Å². The van der Waals surface area contributed by atoms with Gasteiger partial charge in [0.15, 0.2) is 0 Å². The number of hydrogen-bond donors (Lipinski definition) is 1. The normalized spacial score (nSPS) is 11.0. The molecule has 0 bridgehead atoms. The molecule has 5 heteroatoms. The van der Waals surface area contributed by atoms with Crippen LogP contribution in [0.5, 0.6) is 0 Å². The lowest BCUT2D eigenvalue weighted by atomic mass is 10.1. The maximum Gasteiger partial charge on any atom is 0.132 e. The zero-order valence-corrected chi connectivity index (χ0v) is 12.9. The highest BCUT2D eigenvalue weighted by molar-refractivity contribution is 9.10. The van der Waals surface area contributed by atoms with Crippen LogP contribution >= 0.6 is 15.9 Å². The first-order valence-corrected chi connectivity index (χ1v) is 6.96. The predicted octanol–water partition coefficient (Wildman–Crippen LogP) is 3.06. The minimum atomic E-state index is -0.227. The van der Waals surface area contributed by atoms with E-state index in [4.69, 9.17) is 0 Å². The number of aromatic nitrogens is 2. The van der Waals surface area contributed by atoms with Crippen LogP contribution in [0.1, 0.15) is 11.5 Å². The van der Waals surface area contributed by atoms with Crippen molar-refractivity contribution in [2.45, 2.75) is 13.3 Å². The van der Waals surface area contributed by atoms with Crippen LogP contribution in [0.25, 0.3) is 11.3 Å². The number of nitrogens with one attached hydrogen (secondary N) is 1. The molecular formula is C14H17BrFN3. The fraction of sp³-hybridized carbons (Fsp3) is 0.357. The second-order valence-electron chi connectivity index (χ2n) is 4.50. The van der Waals surface area contributed by atoms with E-state index >= 15 is 0 Å². The molecule has 0 saturated carbocycles. The van der Waals surface area contributed by atoms with E-state index in [0.717, 1.165) is 34.7 Å². The van der Waals surface area contributed by atoms with E-state index in [9.17, 15) is 4.39 Å². The molecule has 0 unspecified atom stereocenters. The summed E-state index contributed by atoms with van der Waals surface area (Å²) in [5, 5.41) is 3.10. The molecule has 1 aromatic carbocycles. The van der Waals surface area contributed by atoms with Crippen LogP contribution in [0.3, 0.4) is 0 Å². The molecule has 3 nitrogen and oxygen atoms in total. The highest BCUT2D eigenvalue weighted by Gasteiger charge is 2.16. The van der Waals surface area contributed by atoms with Gasteiger partial charge in [-0.1, -0.05) is 15.9 Å². The maximum atomic E-state index is 14.0. The zero-order chi connectivity index (χ0) is 14.0. The predicted molar refractivity (Wildman–Crippen MR) is 78.7 cm³/mol. The van der Waals surface area contributed by atoms with Crippen molar-refractivity contribution in [1.29, 1.82) is 0 Å². The van der Waals surface area contributed by atoms with Gasteiger partial charge in [0.1, 0.15) is 11.6 Å². The highest BCUT2D eigenvalue weighted by atomic mass is 79.9. The van der Waals surface area contributed by atoms with Crippen molar-refractivity contribution in [3.8, 4) is 11.3 Å². The van der Waals surface area contributed by atoms with Crippen LogP contribution in [-0.2, 0) is 13.5 Å². The largest absolute Gasteiger partial charge is 0.331 e. The lowest BCUT2D eigenvalue weighted by molar-refractivity contribution is 0.628. The maximum absolute atomic E-state index is 14.0. The van der Waals surface area contributed by atoms with E-state index < -0.39 is 0 Å². The molecule has 0 aliphatic heterocycles. The third-order valence-corrected chi connectivity index (χ3v) is 3.64. The fourth-order valence-corrected chi connectivity index (χ4v) is 2.57. The molecule has 0 aliphatic rings. The van der Waals surface area contributed by atoms with Gasteiger partial charge in [0, 0.05) is 30.0 Å². The summed E-state index contributed by atoms with van der Waals surface area (Å²) in [5.74, 6) is 0.732. The van der Waals surface area contributed by atoms with Gasteiger partial charge in [0.2, 0.25) is 0 Å². The molecule has 0 radical (unpaired) electrons. The smallest absolute Gasteiger partial charge is 0.132 e. The third-order valence-electron chi connectivity index (χ3n) is 3.14. The average Bonchev–Trinajstić information content (AvgIpc) is 2.65. The quantitative estimate of drug-likeness (QED) is 0.936. The summed E-state index contributed by atoms with van der Waals surface area (Å²) < 4.78 is 16.8. The van der Waals surface area contributed by atoms with Crippen molar-refractivity contribution < 1.29 is 4.39 Å². The van der Waals surface area contributed by atoms with E-state index in [1.807, 2.05) is 25.6 Å². The van der Waals surface area contributed by atoms with Crippen molar-refractivity contribution in [2.24, 2.45) is 7.05 Å². The molecule has 0 atom stereocenters. The Bertz CT molecular complexity index is 593. The number of rotatable bonds is 4. The number of aryl methyl sites for hydroxylation is 1. The van der Waals surface area contributed by atoms with Gasteiger partial charge in [-0.25, -0.2) is 9.37 Å². The Morgan fingerprint density at radius 2 is 2.16 bits per heavy atom. The Balaban J connectivity index is 2.50. The van der Waals surface area contributed by atoms with Crippen LogP contribution in [0.2, 0.25) is 0 Å². The Morgan fingerprint density at radius 3 is 2.84 bits per heavy atom. The molecule has 0 aliphatic carbocycles. The number of nitrogens with zero attached hydrogens (tertiary/aromatic N) is 2. The summed E-state index contributed by atoms with van der Waals surface area (Å²) in [7, 11) is 3.84. The van der Waals surface area contributed by atoms with Gasteiger partial charge >= 0.3 is 0 Å². The molecule has 0 fully saturated rings. The molecule has 19 heavy (non-hydrogen) atoms. The Labute approximate surface area is 121 Å². The van der Waals surface area contributed by atoms with Crippen LogP contribution in [0, 0.1) is 12.7 Å². The lowest BCUT2D eigenvalue weighted by Gasteiger charge is -2.08. The summed E-state index contributed by atoms with van der Waals surface area (Å²) >= 11 is 3.39. The Hall–Kier alpha value is -1.20. The minimum Gasteiger partial charge on any atom is -0.331 e. The first kappa shape index (κ1) is 14.2.